The van der Waals surface area contributed by atoms with Crippen LogP contribution in [0.25, 0.3) is 0 Å². The number of thiazole rings is 1. The van der Waals surface area contributed by atoms with Crippen molar-refractivity contribution in [2.24, 2.45) is 0 Å². The fourth-order valence-electron chi connectivity index (χ4n) is 1.10. The number of aromatic nitrogens is 1. The zero-order chi connectivity index (χ0) is 12.1. The number of carboxylic acid groups (broad SMARTS) is 1. The van der Waals surface area contributed by atoms with Crippen molar-refractivity contribution in [3.05, 3.63) is 10.6 Å². The molecule has 7 heteroatoms. The summed E-state index contributed by atoms with van der Waals surface area (Å²) in [4.78, 5) is 15.1. The molecule has 0 atom stereocenters. The lowest BCUT2D eigenvalue weighted by Gasteiger charge is -2.12. The van der Waals surface area contributed by atoms with Crippen LogP contribution in [0.3, 0.4) is 0 Å². The number of aryl methyl sites for hydroxylation is 1. The van der Waals surface area contributed by atoms with Crippen molar-refractivity contribution in [2.45, 2.75) is 13.2 Å². The van der Waals surface area contributed by atoms with Crippen LogP contribution >= 0.6 is 11.3 Å². The Morgan fingerprint density at radius 3 is 2.62 bits per heavy atom. The molecule has 0 fully saturated rings. The number of ether oxygens (including phenoxy) is 2. The zero-order valence-corrected chi connectivity index (χ0v) is 10.1. The van der Waals surface area contributed by atoms with Crippen molar-refractivity contribution in [3.63, 3.8) is 0 Å². The van der Waals surface area contributed by atoms with Gasteiger partial charge in [0, 0.05) is 14.2 Å². The van der Waals surface area contributed by atoms with Gasteiger partial charge in [0.15, 0.2) is 11.4 Å². The summed E-state index contributed by atoms with van der Waals surface area (Å²) in [6.45, 7) is 2.08. The van der Waals surface area contributed by atoms with E-state index in [2.05, 4.69) is 10.3 Å². The maximum absolute atomic E-state index is 10.8. The Morgan fingerprint density at radius 2 is 2.19 bits per heavy atom. The second kappa shape index (κ2) is 5.78. The van der Waals surface area contributed by atoms with E-state index >= 15 is 0 Å². The monoisotopic (exact) mass is 246 g/mol. The molecule has 1 aromatic heterocycles. The van der Waals surface area contributed by atoms with E-state index in [1.54, 1.807) is 6.92 Å². The first kappa shape index (κ1) is 12.9. The van der Waals surface area contributed by atoms with Crippen LogP contribution in [-0.4, -0.2) is 43.1 Å². The highest BCUT2D eigenvalue weighted by Gasteiger charge is 2.14. The lowest BCUT2D eigenvalue weighted by Crippen LogP contribution is -2.23. The Balaban J connectivity index is 2.61. The molecule has 1 heterocycles. The van der Waals surface area contributed by atoms with Gasteiger partial charge in [-0.1, -0.05) is 11.3 Å². The van der Waals surface area contributed by atoms with E-state index < -0.39 is 5.97 Å². The normalized spacial score (nSPS) is 10.8. The number of rotatable bonds is 6. The molecule has 0 saturated carbocycles. The van der Waals surface area contributed by atoms with E-state index in [-0.39, 0.29) is 11.2 Å². The van der Waals surface area contributed by atoms with Crippen LogP contribution in [0.4, 0.5) is 5.13 Å². The minimum absolute atomic E-state index is 0.244. The molecule has 0 aliphatic heterocycles. The number of hydrogen-bond acceptors (Lipinski definition) is 6. The van der Waals surface area contributed by atoms with Gasteiger partial charge in [0.25, 0.3) is 0 Å². The average Bonchev–Trinajstić information content (AvgIpc) is 2.61. The molecule has 1 rings (SSSR count). The summed E-state index contributed by atoms with van der Waals surface area (Å²) >= 11 is 1.10. The molecule has 0 bridgehead atoms. The first-order valence-corrected chi connectivity index (χ1v) is 5.40. The van der Waals surface area contributed by atoms with Crippen LogP contribution in [0.1, 0.15) is 15.4 Å². The van der Waals surface area contributed by atoms with E-state index in [1.165, 1.54) is 14.2 Å². The maximum Gasteiger partial charge on any atom is 0.347 e. The Labute approximate surface area is 97.2 Å². The number of nitrogens with one attached hydrogen (secondary N) is 1. The molecule has 16 heavy (non-hydrogen) atoms. The van der Waals surface area contributed by atoms with Crippen LogP contribution in [0, 0.1) is 6.92 Å². The summed E-state index contributed by atoms with van der Waals surface area (Å²) in [7, 11) is 3.07. The van der Waals surface area contributed by atoms with E-state index in [4.69, 9.17) is 14.6 Å². The quantitative estimate of drug-likeness (QED) is 0.734. The summed E-state index contributed by atoms with van der Waals surface area (Å²) in [5, 5.41) is 12.3. The third-order valence-corrected chi connectivity index (χ3v) is 3.04. The highest BCUT2D eigenvalue weighted by molar-refractivity contribution is 7.17. The fraction of sp³-hybridized carbons (Fsp3) is 0.556. The topological polar surface area (TPSA) is 80.7 Å². The molecule has 0 unspecified atom stereocenters. The van der Waals surface area contributed by atoms with Crippen LogP contribution < -0.4 is 5.32 Å². The molecule has 0 saturated heterocycles. The number of carboxylic acids is 1. The van der Waals surface area contributed by atoms with Gasteiger partial charge in [-0.3, -0.25) is 0 Å². The predicted molar refractivity (Wildman–Crippen MR) is 60.1 cm³/mol. The molecule has 0 spiro atoms. The van der Waals surface area contributed by atoms with Crippen molar-refractivity contribution in [3.8, 4) is 0 Å². The predicted octanol–water partition coefficient (Wildman–Crippen LogP) is 1.18. The van der Waals surface area contributed by atoms with Crippen molar-refractivity contribution >= 4 is 22.4 Å². The van der Waals surface area contributed by atoms with Crippen LogP contribution in [0.15, 0.2) is 0 Å². The van der Waals surface area contributed by atoms with Crippen molar-refractivity contribution in [2.75, 3.05) is 26.1 Å². The number of carbonyl (C=O) groups is 1. The second-order valence-corrected chi connectivity index (χ2v) is 4.02. The van der Waals surface area contributed by atoms with Gasteiger partial charge in [-0.25, -0.2) is 9.78 Å². The Morgan fingerprint density at radius 1 is 1.56 bits per heavy atom. The molecular weight excluding hydrogens is 232 g/mol. The Kier molecular flexibility index (Phi) is 4.66. The molecule has 2 N–H and O–H groups in total. The summed E-state index contributed by atoms with van der Waals surface area (Å²) in [6.07, 6.45) is -0.377. The smallest absolute Gasteiger partial charge is 0.347 e. The molecule has 1 aromatic rings. The van der Waals surface area contributed by atoms with E-state index in [1.807, 2.05) is 0 Å². The molecule has 0 aliphatic rings. The minimum atomic E-state index is -0.960. The molecule has 0 radical (unpaired) electrons. The standard InChI is InChI=1S/C9H14N2O4S/c1-5-7(8(12)13)16-9(11-5)10-4-6(14-2)15-3/h6H,4H2,1-3H3,(H,10,11)(H,12,13). The number of methoxy groups -OCH3 is 2. The molecule has 90 valence electrons. The summed E-state index contributed by atoms with van der Waals surface area (Å²) < 4.78 is 9.96. The zero-order valence-electron chi connectivity index (χ0n) is 9.31. The molecule has 6 nitrogen and oxygen atoms in total. The van der Waals surface area contributed by atoms with Gasteiger partial charge in [-0.15, -0.1) is 0 Å². The van der Waals surface area contributed by atoms with Gasteiger partial charge in [-0.2, -0.15) is 0 Å². The first-order valence-electron chi connectivity index (χ1n) is 4.58. The van der Waals surface area contributed by atoms with E-state index in [9.17, 15) is 4.79 Å². The summed E-state index contributed by atoms with van der Waals surface area (Å²) in [6, 6.07) is 0. The fourth-order valence-corrected chi connectivity index (χ4v) is 1.92. The maximum atomic E-state index is 10.8. The summed E-state index contributed by atoms with van der Waals surface area (Å²) in [5.74, 6) is -0.960. The van der Waals surface area contributed by atoms with Gasteiger partial charge in [-0.05, 0) is 6.92 Å². The number of nitrogens with zero attached hydrogens (tertiary/aromatic N) is 1. The molecule has 0 aromatic carbocycles. The summed E-state index contributed by atoms with van der Waals surface area (Å²) in [5.41, 5.74) is 0.506. The number of hydrogen-bond donors (Lipinski definition) is 2. The van der Waals surface area contributed by atoms with Gasteiger partial charge in [0.2, 0.25) is 0 Å². The highest BCUT2D eigenvalue weighted by atomic mass is 32.1. The Hall–Kier alpha value is -1.18. The van der Waals surface area contributed by atoms with Crippen molar-refractivity contribution in [1.29, 1.82) is 0 Å². The first-order chi connectivity index (χ1) is 7.58. The number of aromatic carboxylic acids is 1. The Bertz CT molecular complexity index is 362. The second-order valence-electron chi connectivity index (χ2n) is 3.02. The molecular formula is C9H14N2O4S. The van der Waals surface area contributed by atoms with Gasteiger partial charge in [0.1, 0.15) is 4.88 Å². The van der Waals surface area contributed by atoms with E-state index in [0.717, 1.165) is 11.3 Å². The van der Waals surface area contributed by atoms with E-state index in [0.29, 0.717) is 17.4 Å². The van der Waals surface area contributed by atoms with Gasteiger partial charge < -0.3 is 19.9 Å². The molecule has 0 aliphatic carbocycles. The third kappa shape index (κ3) is 3.16. The largest absolute Gasteiger partial charge is 0.477 e. The lowest BCUT2D eigenvalue weighted by molar-refractivity contribution is -0.0914. The lowest BCUT2D eigenvalue weighted by atomic mass is 10.4. The molecule has 0 amide bonds. The average molecular weight is 246 g/mol. The third-order valence-electron chi connectivity index (χ3n) is 1.94. The minimum Gasteiger partial charge on any atom is -0.477 e. The number of anilines is 1. The van der Waals surface area contributed by atoms with Crippen LogP contribution in [-0.2, 0) is 9.47 Å². The highest BCUT2D eigenvalue weighted by Crippen LogP contribution is 2.22. The van der Waals surface area contributed by atoms with Crippen molar-refractivity contribution in [1.82, 2.24) is 4.98 Å². The van der Waals surface area contributed by atoms with Gasteiger partial charge >= 0.3 is 5.97 Å². The van der Waals surface area contributed by atoms with Crippen LogP contribution in [0.5, 0.6) is 0 Å². The SMILES string of the molecule is COC(CNc1nc(C)c(C(=O)O)s1)OC. The van der Waals surface area contributed by atoms with Crippen LogP contribution in [0.2, 0.25) is 0 Å². The van der Waals surface area contributed by atoms with Gasteiger partial charge in [0.05, 0.1) is 12.2 Å². The van der Waals surface area contributed by atoms with Crippen molar-refractivity contribution < 1.29 is 19.4 Å².